The molecule has 2 aliphatic carbocycles. The Morgan fingerprint density at radius 3 is 2.62 bits per heavy atom. The summed E-state index contributed by atoms with van der Waals surface area (Å²) in [6.45, 7) is 2.78. The van der Waals surface area contributed by atoms with Crippen molar-refractivity contribution in [1.29, 1.82) is 0 Å². The molecule has 5 nitrogen and oxygen atoms in total. The molecule has 2 fully saturated rings. The van der Waals surface area contributed by atoms with Crippen LogP contribution in [0.3, 0.4) is 0 Å². The standard InChI is InChI=1S/C15H22N2O3S/c1-10-7-13(10)17-21(18,19)15-6-3-11(8-14(15)20-2)9-16-12-4-5-12/h3,6,8,10,12-13,16-17H,4-5,7,9H2,1-2H3. The van der Waals surface area contributed by atoms with E-state index in [1.54, 1.807) is 12.1 Å². The number of nitrogens with one attached hydrogen (secondary N) is 2. The normalized spacial score (nSPS) is 24.9. The van der Waals surface area contributed by atoms with Crippen LogP contribution in [0.2, 0.25) is 0 Å². The van der Waals surface area contributed by atoms with E-state index in [1.807, 2.05) is 13.0 Å². The molecule has 0 radical (unpaired) electrons. The van der Waals surface area contributed by atoms with Crippen LogP contribution in [0.1, 0.15) is 31.7 Å². The van der Waals surface area contributed by atoms with Gasteiger partial charge < -0.3 is 10.1 Å². The highest BCUT2D eigenvalue weighted by atomic mass is 32.2. The van der Waals surface area contributed by atoms with Gasteiger partial charge in [-0.25, -0.2) is 13.1 Å². The van der Waals surface area contributed by atoms with Gasteiger partial charge >= 0.3 is 0 Å². The van der Waals surface area contributed by atoms with Gasteiger partial charge in [-0.3, -0.25) is 0 Å². The predicted octanol–water partition coefficient (Wildman–Crippen LogP) is 1.63. The summed E-state index contributed by atoms with van der Waals surface area (Å²) in [6.07, 6.45) is 3.37. The smallest absolute Gasteiger partial charge is 0.244 e. The number of sulfonamides is 1. The van der Waals surface area contributed by atoms with E-state index >= 15 is 0 Å². The number of benzene rings is 1. The third kappa shape index (κ3) is 3.56. The predicted molar refractivity (Wildman–Crippen MR) is 80.7 cm³/mol. The van der Waals surface area contributed by atoms with Gasteiger partial charge in [0.05, 0.1) is 7.11 Å². The maximum absolute atomic E-state index is 12.4. The second-order valence-corrected chi connectivity index (χ2v) is 7.76. The molecule has 1 aromatic carbocycles. The Morgan fingerprint density at radius 1 is 1.33 bits per heavy atom. The Hall–Kier alpha value is -1.11. The lowest BCUT2D eigenvalue weighted by Gasteiger charge is -2.12. The number of rotatable bonds is 7. The molecule has 2 saturated carbocycles. The van der Waals surface area contributed by atoms with Crippen LogP contribution < -0.4 is 14.8 Å². The first-order chi connectivity index (χ1) is 9.99. The third-order valence-electron chi connectivity index (χ3n) is 4.11. The minimum absolute atomic E-state index is 0.0657. The first kappa shape index (κ1) is 14.8. The van der Waals surface area contributed by atoms with Crippen LogP contribution >= 0.6 is 0 Å². The number of methoxy groups -OCH3 is 1. The van der Waals surface area contributed by atoms with Gasteiger partial charge in [0.2, 0.25) is 10.0 Å². The molecule has 2 unspecified atom stereocenters. The van der Waals surface area contributed by atoms with Gasteiger partial charge in [0.15, 0.2) is 0 Å². The van der Waals surface area contributed by atoms with Gasteiger partial charge in [0, 0.05) is 18.6 Å². The van der Waals surface area contributed by atoms with Crippen molar-refractivity contribution in [3.8, 4) is 5.75 Å². The number of ether oxygens (including phenoxy) is 1. The molecule has 0 aromatic heterocycles. The number of hydrogen-bond donors (Lipinski definition) is 2. The third-order valence-corrected chi connectivity index (χ3v) is 5.64. The van der Waals surface area contributed by atoms with Gasteiger partial charge in [-0.1, -0.05) is 13.0 Å². The SMILES string of the molecule is COc1cc(CNC2CC2)ccc1S(=O)(=O)NC1CC1C. The van der Waals surface area contributed by atoms with Crippen molar-refractivity contribution >= 4 is 10.0 Å². The van der Waals surface area contributed by atoms with Gasteiger partial charge in [-0.15, -0.1) is 0 Å². The van der Waals surface area contributed by atoms with Gasteiger partial charge in [-0.2, -0.15) is 0 Å². The molecule has 2 atom stereocenters. The van der Waals surface area contributed by atoms with Crippen LogP contribution in [0, 0.1) is 5.92 Å². The average Bonchev–Trinajstić information content (AvgIpc) is 3.36. The molecule has 6 heteroatoms. The molecule has 2 N–H and O–H groups in total. The molecule has 0 saturated heterocycles. The zero-order valence-corrected chi connectivity index (χ0v) is 13.2. The minimum Gasteiger partial charge on any atom is -0.495 e. The minimum atomic E-state index is -3.50. The fraction of sp³-hybridized carbons (Fsp3) is 0.600. The molecular formula is C15H22N2O3S. The lowest BCUT2D eigenvalue weighted by atomic mass is 10.2. The van der Waals surface area contributed by atoms with Crippen molar-refractivity contribution in [2.75, 3.05) is 7.11 Å². The summed E-state index contributed by atoms with van der Waals surface area (Å²) in [5.41, 5.74) is 1.04. The van der Waals surface area contributed by atoms with E-state index in [-0.39, 0.29) is 10.9 Å². The van der Waals surface area contributed by atoms with E-state index in [1.165, 1.54) is 20.0 Å². The molecule has 1 aromatic rings. The highest BCUT2D eigenvalue weighted by molar-refractivity contribution is 7.89. The van der Waals surface area contributed by atoms with E-state index in [9.17, 15) is 8.42 Å². The van der Waals surface area contributed by atoms with Crippen molar-refractivity contribution in [2.24, 2.45) is 5.92 Å². The fourth-order valence-corrected chi connectivity index (χ4v) is 3.85. The largest absolute Gasteiger partial charge is 0.495 e. The molecule has 0 bridgehead atoms. The molecule has 2 aliphatic rings. The molecule has 116 valence electrons. The summed E-state index contributed by atoms with van der Waals surface area (Å²) in [4.78, 5) is 0.222. The average molecular weight is 310 g/mol. The van der Waals surface area contributed by atoms with E-state index in [0.717, 1.165) is 18.5 Å². The Balaban J connectivity index is 1.76. The van der Waals surface area contributed by atoms with E-state index in [0.29, 0.717) is 17.7 Å². The van der Waals surface area contributed by atoms with Crippen LogP contribution in [0.4, 0.5) is 0 Å². The summed E-state index contributed by atoms with van der Waals surface area (Å²) in [7, 11) is -2.00. The quantitative estimate of drug-likeness (QED) is 0.803. The summed E-state index contributed by atoms with van der Waals surface area (Å²) < 4.78 is 32.8. The Morgan fingerprint density at radius 2 is 2.05 bits per heavy atom. The van der Waals surface area contributed by atoms with Crippen molar-refractivity contribution in [2.45, 2.75) is 49.7 Å². The first-order valence-corrected chi connectivity index (χ1v) is 8.90. The van der Waals surface area contributed by atoms with Crippen molar-refractivity contribution in [3.05, 3.63) is 23.8 Å². The zero-order chi connectivity index (χ0) is 15.0. The highest BCUT2D eigenvalue weighted by Gasteiger charge is 2.37. The maximum Gasteiger partial charge on any atom is 0.244 e. The summed E-state index contributed by atoms with van der Waals surface area (Å²) in [5, 5.41) is 3.41. The fourth-order valence-electron chi connectivity index (χ4n) is 2.34. The highest BCUT2D eigenvalue weighted by Crippen LogP contribution is 2.32. The Kier molecular flexibility index (Phi) is 3.94. The Labute approximate surface area is 126 Å². The lowest BCUT2D eigenvalue weighted by molar-refractivity contribution is 0.401. The topological polar surface area (TPSA) is 67.4 Å². The summed E-state index contributed by atoms with van der Waals surface area (Å²) in [5.74, 6) is 0.832. The van der Waals surface area contributed by atoms with Crippen LogP contribution in [-0.2, 0) is 16.6 Å². The van der Waals surface area contributed by atoms with Gasteiger partial charge in [-0.05, 0) is 42.9 Å². The number of hydrogen-bond acceptors (Lipinski definition) is 4. The van der Waals surface area contributed by atoms with Crippen LogP contribution in [0.15, 0.2) is 23.1 Å². The molecule has 0 amide bonds. The molecule has 0 spiro atoms. The second kappa shape index (κ2) is 5.59. The Bertz CT molecular complexity index is 626. The molecular weight excluding hydrogens is 288 g/mol. The van der Waals surface area contributed by atoms with E-state index in [2.05, 4.69) is 10.0 Å². The van der Waals surface area contributed by atoms with Crippen LogP contribution in [0.25, 0.3) is 0 Å². The van der Waals surface area contributed by atoms with Crippen molar-refractivity contribution < 1.29 is 13.2 Å². The van der Waals surface area contributed by atoms with Crippen molar-refractivity contribution in [3.63, 3.8) is 0 Å². The maximum atomic E-state index is 12.4. The van der Waals surface area contributed by atoms with Crippen LogP contribution in [-0.4, -0.2) is 27.6 Å². The van der Waals surface area contributed by atoms with Crippen LogP contribution in [0.5, 0.6) is 5.75 Å². The molecule has 3 rings (SSSR count). The molecule has 21 heavy (non-hydrogen) atoms. The zero-order valence-electron chi connectivity index (χ0n) is 12.4. The van der Waals surface area contributed by atoms with Gasteiger partial charge in [0.25, 0.3) is 0 Å². The summed E-state index contributed by atoms with van der Waals surface area (Å²) in [6, 6.07) is 5.98. The second-order valence-electron chi connectivity index (χ2n) is 6.08. The molecule has 0 aliphatic heterocycles. The lowest BCUT2D eigenvalue weighted by Crippen LogP contribution is -2.27. The van der Waals surface area contributed by atoms with Gasteiger partial charge in [0.1, 0.15) is 10.6 Å². The molecule has 0 heterocycles. The first-order valence-electron chi connectivity index (χ1n) is 7.42. The van der Waals surface area contributed by atoms with E-state index < -0.39 is 10.0 Å². The summed E-state index contributed by atoms with van der Waals surface area (Å²) >= 11 is 0. The van der Waals surface area contributed by atoms with Crippen molar-refractivity contribution in [1.82, 2.24) is 10.0 Å². The van der Waals surface area contributed by atoms with E-state index in [4.69, 9.17) is 4.74 Å². The monoisotopic (exact) mass is 310 g/mol.